The van der Waals surface area contributed by atoms with Gasteiger partial charge in [0, 0.05) is 32.2 Å². The Bertz CT molecular complexity index is 231. The monoisotopic (exact) mass is 195 g/mol. The van der Waals surface area contributed by atoms with Gasteiger partial charge in [0.2, 0.25) is 5.91 Å². The molecule has 0 aliphatic carbocycles. The first-order valence-electron chi connectivity index (χ1n) is 5.39. The lowest BCUT2D eigenvalue weighted by atomic mass is 9.98. The summed E-state index contributed by atoms with van der Waals surface area (Å²) >= 11 is 0. The van der Waals surface area contributed by atoms with Crippen LogP contribution in [-0.2, 0) is 9.53 Å². The van der Waals surface area contributed by atoms with Crippen LogP contribution in [0.2, 0.25) is 0 Å². The maximum atomic E-state index is 12.0. The van der Waals surface area contributed by atoms with E-state index in [2.05, 4.69) is 12.2 Å². The van der Waals surface area contributed by atoms with Crippen molar-refractivity contribution < 1.29 is 9.53 Å². The molecule has 1 saturated heterocycles. The highest BCUT2D eigenvalue weighted by atomic mass is 16.5. The molecule has 3 nitrogen and oxygen atoms in total. The van der Waals surface area contributed by atoms with Crippen LogP contribution in [0.1, 0.15) is 19.3 Å². The van der Waals surface area contributed by atoms with Crippen molar-refractivity contribution in [3.63, 3.8) is 0 Å². The molecule has 0 bridgehead atoms. The summed E-state index contributed by atoms with van der Waals surface area (Å²) in [4.78, 5) is 14.0. The Morgan fingerprint density at radius 3 is 2.71 bits per heavy atom. The molecule has 1 amide bonds. The summed E-state index contributed by atoms with van der Waals surface area (Å²) in [5, 5.41) is 0. The summed E-state index contributed by atoms with van der Waals surface area (Å²) in [5.74, 6) is 0.549. The molecule has 0 N–H and O–H groups in total. The van der Waals surface area contributed by atoms with Crippen LogP contribution in [0.15, 0.2) is 12.2 Å². The van der Waals surface area contributed by atoms with Gasteiger partial charge in [0.25, 0.3) is 0 Å². The summed E-state index contributed by atoms with van der Waals surface area (Å²) < 4.78 is 5.25. The summed E-state index contributed by atoms with van der Waals surface area (Å²) in [5.41, 5.74) is 0. The average molecular weight is 195 g/mol. The van der Waals surface area contributed by atoms with Crippen molar-refractivity contribution in [2.24, 2.45) is 5.92 Å². The number of hydrogen-bond donors (Lipinski definition) is 0. The number of ether oxygens (including phenoxy) is 1. The van der Waals surface area contributed by atoms with E-state index in [4.69, 9.17) is 4.74 Å². The molecule has 0 saturated carbocycles. The van der Waals surface area contributed by atoms with E-state index in [1.807, 2.05) is 4.90 Å². The minimum Gasteiger partial charge on any atom is -0.381 e. The normalized spacial score (nSPS) is 23.9. The van der Waals surface area contributed by atoms with Crippen molar-refractivity contribution in [2.75, 3.05) is 26.3 Å². The van der Waals surface area contributed by atoms with Crippen LogP contribution < -0.4 is 0 Å². The molecular formula is C11H17NO2. The van der Waals surface area contributed by atoms with E-state index in [1.54, 1.807) is 0 Å². The van der Waals surface area contributed by atoms with E-state index in [1.165, 1.54) is 0 Å². The van der Waals surface area contributed by atoms with Crippen LogP contribution in [0.4, 0.5) is 0 Å². The molecular weight excluding hydrogens is 178 g/mol. The first-order valence-corrected chi connectivity index (χ1v) is 5.39. The zero-order valence-corrected chi connectivity index (χ0v) is 8.45. The molecule has 0 aromatic rings. The summed E-state index contributed by atoms with van der Waals surface area (Å²) in [6, 6.07) is 0. The highest BCUT2D eigenvalue weighted by Gasteiger charge is 2.25. The molecule has 0 aromatic carbocycles. The second-order valence-electron chi connectivity index (χ2n) is 3.93. The lowest BCUT2D eigenvalue weighted by Gasteiger charge is -2.29. The van der Waals surface area contributed by atoms with Gasteiger partial charge >= 0.3 is 0 Å². The highest BCUT2D eigenvalue weighted by Crippen LogP contribution is 2.18. The lowest BCUT2D eigenvalue weighted by molar-refractivity contribution is -0.138. The van der Waals surface area contributed by atoms with Crippen molar-refractivity contribution in [3.05, 3.63) is 12.2 Å². The van der Waals surface area contributed by atoms with Crippen LogP contribution >= 0.6 is 0 Å². The van der Waals surface area contributed by atoms with Gasteiger partial charge in [-0.15, -0.1) is 0 Å². The van der Waals surface area contributed by atoms with Gasteiger partial charge in [0.1, 0.15) is 0 Å². The molecule has 0 unspecified atom stereocenters. The van der Waals surface area contributed by atoms with Gasteiger partial charge in [-0.3, -0.25) is 4.79 Å². The predicted molar refractivity (Wildman–Crippen MR) is 53.9 cm³/mol. The number of carbonyl (C=O) groups is 1. The topological polar surface area (TPSA) is 29.5 Å². The van der Waals surface area contributed by atoms with Crippen molar-refractivity contribution in [2.45, 2.75) is 19.3 Å². The Morgan fingerprint density at radius 2 is 2.07 bits per heavy atom. The molecule has 1 fully saturated rings. The van der Waals surface area contributed by atoms with Crippen molar-refractivity contribution in [1.82, 2.24) is 4.90 Å². The Balaban J connectivity index is 1.89. The third-order valence-corrected chi connectivity index (χ3v) is 2.94. The van der Waals surface area contributed by atoms with E-state index in [0.717, 1.165) is 45.6 Å². The molecule has 78 valence electrons. The predicted octanol–water partition coefficient (Wildman–Crippen LogP) is 1.20. The molecule has 3 heteroatoms. The lowest BCUT2D eigenvalue weighted by Crippen LogP contribution is -2.40. The molecule has 0 atom stereocenters. The van der Waals surface area contributed by atoms with Crippen LogP contribution in [0.25, 0.3) is 0 Å². The van der Waals surface area contributed by atoms with E-state index >= 15 is 0 Å². The molecule has 0 spiro atoms. The van der Waals surface area contributed by atoms with Crippen LogP contribution in [-0.4, -0.2) is 37.1 Å². The van der Waals surface area contributed by atoms with Gasteiger partial charge in [0.15, 0.2) is 0 Å². The Hall–Kier alpha value is -0.830. The molecule has 2 aliphatic rings. The molecule has 2 rings (SSSR count). The molecule has 14 heavy (non-hydrogen) atoms. The number of amides is 1. The minimum atomic E-state index is 0.218. The zero-order valence-electron chi connectivity index (χ0n) is 8.45. The summed E-state index contributed by atoms with van der Waals surface area (Å²) in [6.45, 7) is 3.20. The summed E-state index contributed by atoms with van der Waals surface area (Å²) in [7, 11) is 0. The van der Waals surface area contributed by atoms with Crippen LogP contribution in [0.3, 0.4) is 0 Å². The van der Waals surface area contributed by atoms with Crippen LogP contribution in [0.5, 0.6) is 0 Å². The van der Waals surface area contributed by atoms with E-state index < -0.39 is 0 Å². The first-order chi connectivity index (χ1) is 6.88. The standard InChI is InChI=1S/C11H17NO2/c13-11(10-4-8-14-9-5-10)12-6-2-1-3-7-12/h1-2,10H,3-9H2. The maximum Gasteiger partial charge on any atom is 0.226 e. The van der Waals surface area contributed by atoms with Gasteiger partial charge in [-0.05, 0) is 19.3 Å². The van der Waals surface area contributed by atoms with Crippen molar-refractivity contribution >= 4 is 5.91 Å². The largest absolute Gasteiger partial charge is 0.381 e. The number of hydrogen-bond acceptors (Lipinski definition) is 2. The molecule has 2 heterocycles. The van der Waals surface area contributed by atoms with E-state index in [0.29, 0.717) is 5.91 Å². The molecule has 0 radical (unpaired) electrons. The fraction of sp³-hybridized carbons (Fsp3) is 0.727. The second kappa shape index (κ2) is 4.60. The Morgan fingerprint density at radius 1 is 1.29 bits per heavy atom. The quantitative estimate of drug-likeness (QED) is 0.588. The Labute approximate surface area is 84.7 Å². The SMILES string of the molecule is O=C(C1CCOCC1)N1CC=CCC1. The highest BCUT2D eigenvalue weighted by molar-refractivity contribution is 5.79. The third-order valence-electron chi connectivity index (χ3n) is 2.94. The average Bonchev–Trinajstić information content (AvgIpc) is 2.30. The van der Waals surface area contributed by atoms with Gasteiger partial charge < -0.3 is 9.64 Å². The maximum absolute atomic E-state index is 12.0. The third kappa shape index (κ3) is 2.15. The fourth-order valence-electron chi connectivity index (χ4n) is 2.04. The number of rotatable bonds is 1. The van der Waals surface area contributed by atoms with Crippen LogP contribution in [0, 0.1) is 5.92 Å². The fourth-order valence-corrected chi connectivity index (χ4v) is 2.04. The van der Waals surface area contributed by atoms with Gasteiger partial charge in [0.05, 0.1) is 0 Å². The Kier molecular flexibility index (Phi) is 3.19. The van der Waals surface area contributed by atoms with Gasteiger partial charge in [-0.2, -0.15) is 0 Å². The van der Waals surface area contributed by atoms with E-state index in [-0.39, 0.29) is 5.92 Å². The smallest absolute Gasteiger partial charge is 0.226 e. The first kappa shape index (κ1) is 9.71. The molecule has 0 aromatic heterocycles. The second-order valence-corrected chi connectivity index (χ2v) is 3.93. The van der Waals surface area contributed by atoms with Crippen molar-refractivity contribution in [3.8, 4) is 0 Å². The minimum absolute atomic E-state index is 0.218. The zero-order chi connectivity index (χ0) is 9.80. The van der Waals surface area contributed by atoms with E-state index in [9.17, 15) is 4.79 Å². The number of nitrogens with zero attached hydrogens (tertiary/aromatic N) is 1. The number of carbonyl (C=O) groups excluding carboxylic acids is 1. The van der Waals surface area contributed by atoms with Gasteiger partial charge in [-0.1, -0.05) is 12.2 Å². The van der Waals surface area contributed by atoms with Gasteiger partial charge in [-0.25, -0.2) is 0 Å². The molecule has 2 aliphatic heterocycles. The summed E-state index contributed by atoms with van der Waals surface area (Å²) in [6.07, 6.45) is 7.04. The van der Waals surface area contributed by atoms with Crippen molar-refractivity contribution in [1.29, 1.82) is 0 Å².